The van der Waals surface area contributed by atoms with Crippen LogP contribution in [0.1, 0.15) is 16.8 Å². The molecule has 0 aliphatic rings. The number of benzene rings is 1. The van der Waals surface area contributed by atoms with Crippen LogP contribution in [0.3, 0.4) is 0 Å². The second kappa shape index (κ2) is 6.10. The second-order valence-electron chi connectivity index (χ2n) is 4.80. The van der Waals surface area contributed by atoms with E-state index in [4.69, 9.17) is 4.42 Å². The topological polar surface area (TPSA) is 51.8 Å². The molecule has 21 heavy (non-hydrogen) atoms. The molecule has 0 fully saturated rings. The van der Waals surface area contributed by atoms with Crippen LogP contribution in [0.15, 0.2) is 52.2 Å². The minimum atomic E-state index is 0.565. The van der Waals surface area contributed by atoms with Crippen molar-refractivity contribution >= 4 is 11.8 Å². The van der Waals surface area contributed by atoms with Crippen LogP contribution in [-0.2, 0) is 5.75 Å². The highest BCUT2D eigenvalue weighted by molar-refractivity contribution is 7.98. The molecule has 0 saturated carbocycles. The lowest BCUT2D eigenvalue weighted by atomic mass is 10.1. The van der Waals surface area contributed by atoms with Crippen LogP contribution in [0.5, 0.6) is 0 Å². The van der Waals surface area contributed by atoms with Crippen LogP contribution in [0.2, 0.25) is 0 Å². The van der Waals surface area contributed by atoms with Crippen molar-refractivity contribution in [1.29, 1.82) is 0 Å². The van der Waals surface area contributed by atoms with E-state index in [2.05, 4.69) is 28.2 Å². The predicted molar refractivity (Wildman–Crippen MR) is 83.0 cm³/mol. The van der Waals surface area contributed by atoms with Crippen molar-refractivity contribution < 1.29 is 4.42 Å². The van der Waals surface area contributed by atoms with Gasteiger partial charge in [0.2, 0.25) is 5.89 Å². The number of rotatable bonds is 4. The van der Waals surface area contributed by atoms with E-state index in [9.17, 15) is 0 Å². The fraction of sp³-hybridized carbons (Fsp3) is 0.188. The second-order valence-corrected chi connectivity index (χ2v) is 5.73. The summed E-state index contributed by atoms with van der Waals surface area (Å²) >= 11 is 1.50. The maximum Gasteiger partial charge on any atom is 0.277 e. The van der Waals surface area contributed by atoms with E-state index in [-0.39, 0.29) is 0 Å². The van der Waals surface area contributed by atoms with Crippen LogP contribution in [0.4, 0.5) is 0 Å². The van der Waals surface area contributed by atoms with Crippen LogP contribution < -0.4 is 0 Å². The Bertz CT molecular complexity index is 740. The summed E-state index contributed by atoms with van der Waals surface area (Å²) in [7, 11) is 0. The van der Waals surface area contributed by atoms with Gasteiger partial charge in [0.25, 0.3) is 5.22 Å². The lowest BCUT2D eigenvalue weighted by Crippen LogP contribution is -1.84. The lowest BCUT2D eigenvalue weighted by Gasteiger charge is -2.01. The highest BCUT2D eigenvalue weighted by Gasteiger charge is 2.11. The van der Waals surface area contributed by atoms with Crippen molar-refractivity contribution in [2.24, 2.45) is 0 Å². The molecular formula is C16H15N3OS. The number of aryl methyl sites for hydroxylation is 2. The molecule has 3 rings (SSSR count). The van der Waals surface area contributed by atoms with Gasteiger partial charge in [-0.15, -0.1) is 10.2 Å². The number of aromatic nitrogens is 3. The maximum atomic E-state index is 5.73. The maximum absolute atomic E-state index is 5.73. The molecule has 2 heterocycles. The van der Waals surface area contributed by atoms with Gasteiger partial charge >= 0.3 is 0 Å². The molecule has 3 aromatic rings. The van der Waals surface area contributed by atoms with Crippen molar-refractivity contribution in [3.05, 3.63) is 59.4 Å². The van der Waals surface area contributed by atoms with Crippen LogP contribution in [-0.4, -0.2) is 15.2 Å². The molecule has 0 unspecified atom stereocenters. The highest BCUT2D eigenvalue weighted by atomic mass is 32.2. The molecule has 0 N–H and O–H groups in total. The molecule has 106 valence electrons. The third-order valence-corrected chi connectivity index (χ3v) is 3.94. The molecule has 0 bridgehead atoms. The Labute approximate surface area is 127 Å². The normalized spacial score (nSPS) is 10.8. The summed E-state index contributed by atoms with van der Waals surface area (Å²) in [6.45, 7) is 4.12. The summed E-state index contributed by atoms with van der Waals surface area (Å²) in [5.41, 5.74) is 4.34. The molecule has 0 radical (unpaired) electrons. The number of pyridine rings is 1. The van der Waals surface area contributed by atoms with Gasteiger partial charge in [-0.3, -0.25) is 4.98 Å². The van der Waals surface area contributed by atoms with E-state index in [1.807, 2.05) is 37.3 Å². The van der Waals surface area contributed by atoms with Gasteiger partial charge in [-0.25, -0.2) is 0 Å². The number of nitrogens with zero attached hydrogens (tertiary/aromatic N) is 3. The van der Waals surface area contributed by atoms with Gasteiger partial charge in [0.1, 0.15) is 0 Å². The molecule has 4 nitrogen and oxygen atoms in total. The Morgan fingerprint density at radius 1 is 1.10 bits per heavy atom. The third-order valence-electron chi connectivity index (χ3n) is 3.09. The quantitative estimate of drug-likeness (QED) is 0.680. The highest BCUT2D eigenvalue weighted by Crippen LogP contribution is 2.27. The van der Waals surface area contributed by atoms with Crippen LogP contribution >= 0.6 is 11.8 Å². The van der Waals surface area contributed by atoms with Gasteiger partial charge in [-0.1, -0.05) is 35.5 Å². The average Bonchev–Trinajstić information content (AvgIpc) is 2.95. The molecule has 0 spiro atoms. The van der Waals surface area contributed by atoms with E-state index >= 15 is 0 Å². The minimum Gasteiger partial charge on any atom is -0.411 e. The smallest absolute Gasteiger partial charge is 0.277 e. The Balaban J connectivity index is 1.74. The summed E-state index contributed by atoms with van der Waals surface area (Å²) in [5, 5.41) is 8.79. The van der Waals surface area contributed by atoms with E-state index in [0.717, 1.165) is 22.6 Å². The van der Waals surface area contributed by atoms with E-state index in [0.29, 0.717) is 11.1 Å². The molecule has 0 aliphatic carbocycles. The lowest BCUT2D eigenvalue weighted by molar-refractivity contribution is 0.465. The van der Waals surface area contributed by atoms with Gasteiger partial charge in [-0.2, -0.15) is 0 Å². The van der Waals surface area contributed by atoms with Crippen molar-refractivity contribution in [1.82, 2.24) is 15.2 Å². The molecular weight excluding hydrogens is 282 g/mol. The monoisotopic (exact) mass is 297 g/mol. The molecule has 0 aliphatic heterocycles. The molecule has 0 amide bonds. The zero-order chi connectivity index (χ0) is 14.7. The predicted octanol–water partition coefficient (Wildman–Crippen LogP) is 4.04. The number of hydrogen-bond donors (Lipinski definition) is 0. The minimum absolute atomic E-state index is 0.565. The zero-order valence-corrected chi connectivity index (χ0v) is 12.7. The van der Waals surface area contributed by atoms with Gasteiger partial charge in [0.15, 0.2) is 0 Å². The molecule has 0 saturated heterocycles. The van der Waals surface area contributed by atoms with E-state index in [1.54, 1.807) is 6.20 Å². The van der Waals surface area contributed by atoms with Gasteiger partial charge < -0.3 is 4.42 Å². The first-order valence-corrected chi connectivity index (χ1v) is 7.65. The Morgan fingerprint density at radius 3 is 2.76 bits per heavy atom. The first-order valence-electron chi connectivity index (χ1n) is 6.66. The fourth-order valence-electron chi connectivity index (χ4n) is 2.05. The van der Waals surface area contributed by atoms with Crippen molar-refractivity contribution in [2.75, 3.05) is 0 Å². The Hall–Kier alpha value is -2.14. The van der Waals surface area contributed by atoms with Crippen molar-refractivity contribution in [3.8, 4) is 11.5 Å². The Kier molecular flexibility index (Phi) is 4.01. The van der Waals surface area contributed by atoms with Crippen LogP contribution in [0.25, 0.3) is 11.5 Å². The largest absolute Gasteiger partial charge is 0.411 e. The zero-order valence-electron chi connectivity index (χ0n) is 11.9. The van der Waals surface area contributed by atoms with Crippen molar-refractivity contribution in [3.63, 3.8) is 0 Å². The SMILES string of the molecule is Cc1ccc(-c2nnc(SCc3ccccn3)o2)c(C)c1. The van der Waals surface area contributed by atoms with Gasteiger partial charge in [0.05, 0.1) is 5.69 Å². The van der Waals surface area contributed by atoms with Crippen molar-refractivity contribution in [2.45, 2.75) is 24.8 Å². The number of thioether (sulfide) groups is 1. The first-order chi connectivity index (χ1) is 10.2. The molecule has 0 atom stereocenters. The molecule has 5 heteroatoms. The van der Waals surface area contributed by atoms with Gasteiger partial charge in [0, 0.05) is 17.5 Å². The summed E-state index contributed by atoms with van der Waals surface area (Å²) in [6, 6.07) is 12.0. The Morgan fingerprint density at radius 2 is 2.00 bits per heavy atom. The molecule has 2 aromatic heterocycles. The average molecular weight is 297 g/mol. The van der Waals surface area contributed by atoms with E-state index < -0.39 is 0 Å². The summed E-state index contributed by atoms with van der Waals surface area (Å²) in [6.07, 6.45) is 1.78. The first kappa shape index (κ1) is 13.8. The summed E-state index contributed by atoms with van der Waals surface area (Å²) in [5.74, 6) is 1.28. The third kappa shape index (κ3) is 3.31. The fourth-order valence-corrected chi connectivity index (χ4v) is 2.73. The molecule has 1 aromatic carbocycles. The summed E-state index contributed by atoms with van der Waals surface area (Å²) in [4.78, 5) is 4.27. The van der Waals surface area contributed by atoms with E-state index in [1.165, 1.54) is 17.3 Å². The standard InChI is InChI=1S/C16H15N3OS/c1-11-6-7-14(12(2)9-11)15-18-19-16(20-15)21-10-13-5-3-4-8-17-13/h3-9H,10H2,1-2H3. The summed E-state index contributed by atoms with van der Waals surface area (Å²) < 4.78 is 5.73. The van der Waals surface area contributed by atoms with Crippen LogP contribution in [0, 0.1) is 13.8 Å². The van der Waals surface area contributed by atoms with Gasteiger partial charge in [-0.05, 0) is 37.6 Å². The number of hydrogen-bond acceptors (Lipinski definition) is 5.